The van der Waals surface area contributed by atoms with Gasteiger partial charge in [-0.05, 0) is 44.5 Å². The largest absolute Gasteiger partial charge is 0.452 e. The van der Waals surface area contributed by atoms with Crippen LogP contribution in [0.25, 0.3) is 0 Å². The molecule has 9 heteroatoms. The topological polar surface area (TPSA) is 98.5 Å². The molecule has 0 aliphatic carbocycles. The number of halogens is 1. The van der Waals surface area contributed by atoms with Crippen LogP contribution in [0, 0.1) is 29.8 Å². The van der Waals surface area contributed by atoms with Crippen LogP contribution < -0.4 is 5.32 Å². The number of carbonyl (C=O) groups excluding carboxylic acids is 2. The number of carbonyl (C=O) groups is 2. The Labute approximate surface area is 165 Å². The van der Waals surface area contributed by atoms with Crippen LogP contribution in [0.2, 0.25) is 0 Å². The molecule has 0 radical (unpaired) electrons. The number of anilines is 1. The van der Waals surface area contributed by atoms with Crippen molar-refractivity contribution in [3.05, 3.63) is 63.5 Å². The maximum atomic E-state index is 13.3. The van der Waals surface area contributed by atoms with Crippen LogP contribution >= 0.6 is 11.8 Å². The molecule has 1 atom stereocenters. The molecular formula is C19H19FN2O5S. The monoisotopic (exact) mass is 406 g/mol. The lowest BCUT2D eigenvalue weighted by atomic mass is 10.2. The molecule has 1 amide bonds. The summed E-state index contributed by atoms with van der Waals surface area (Å²) in [4.78, 5) is 34.9. The van der Waals surface area contributed by atoms with Gasteiger partial charge in [-0.1, -0.05) is 17.7 Å². The number of aryl methyl sites for hydroxylation is 2. The second-order valence-electron chi connectivity index (χ2n) is 6.10. The zero-order valence-corrected chi connectivity index (χ0v) is 16.3. The molecule has 0 fully saturated rings. The smallest absolute Gasteiger partial charge is 0.317 e. The summed E-state index contributed by atoms with van der Waals surface area (Å²) in [5.74, 6) is -2.22. The standard InChI is InChI=1S/C19H19FN2O5S/c1-11-4-7-17(12(2)8-11)28-10-18(23)27-13(3)19(24)21-14-5-6-15(20)16(9-14)22(25)26/h4-9,13H,10H2,1-3H3,(H,21,24)/t13-/m0/s1. The summed E-state index contributed by atoms with van der Waals surface area (Å²) in [6, 6.07) is 8.83. The van der Waals surface area contributed by atoms with Gasteiger partial charge in [0.1, 0.15) is 0 Å². The molecule has 0 heterocycles. The average Bonchev–Trinajstić information content (AvgIpc) is 2.62. The first-order valence-electron chi connectivity index (χ1n) is 8.31. The summed E-state index contributed by atoms with van der Waals surface area (Å²) < 4.78 is 18.4. The highest BCUT2D eigenvalue weighted by molar-refractivity contribution is 8.00. The van der Waals surface area contributed by atoms with E-state index in [1.54, 1.807) is 0 Å². The maximum absolute atomic E-state index is 13.3. The van der Waals surface area contributed by atoms with E-state index in [0.717, 1.165) is 28.2 Å². The highest BCUT2D eigenvalue weighted by Crippen LogP contribution is 2.24. The number of benzene rings is 2. The van der Waals surface area contributed by atoms with E-state index in [2.05, 4.69) is 5.32 Å². The Morgan fingerprint density at radius 2 is 1.96 bits per heavy atom. The number of amides is 1. The Bertz CT molecular complexity index is 919. The first-order chi connectivity index (χ1) is 13.2. The summed E-state index contributed by atoms with van der Waals surface area (Å²) in [7, 11) is 0. The van der Waals surface area contributed by atoms with Crippen LogP contribution in [0.4, 0.5) is 15.8 Å². The van der Waals surface area contributed by atoms with Gasteiger partial charge in [0, 0.05) is 16.6 Å². The van der Waals surface area contributed by atoms with Crippen LogP contribution in [0.3, 0.4) is 0 Å². The van der Waals surface area contributed by atoms with Crippen molar-refractivity contribution < 1.29 is 23.6 Å². The van der Waals surface area contributed by atoms with E-state index in [9.17, 15) is 24.1 Å². The van der Waals surface area contributed by atoms with Crippen molar-refractivity contribution in [2.24, 2.45) is 0 Å². The van der Waals surface area contributed by atoms with Gasteiger partial charge in [-0.25, -0.2) is 0 Å². The summed E-state index contributed by atoms with van der Waals surface area (Å²) in [5.41, 5.74) is 1.44. The molecular weight excluding hydrogens is 387 g/mol. The van der Waals surface area contributed by atoms with E-state index < -0.39 is 34.4 Å². The van der Waals surface area contributed by atoms with Crippen molar-refractivity contribution in [2.75, 3.05) is 11.1 Å². The van der Waals surface area contributed by atoms with Crippen LogP contribution in [0.1, 0.15) is 18.1 Å². The van der Waals surface area contributed by atoms with Crippen LogP contribution in [0.15, 0.2) is 41.3 Å². The van der Waals surface area contributed by atoms with Gasteiger partial charge in [0.15, 0.2) is 6.10 Å². The van der Waals surface area contributed by atoms with Gasteiger partial charge in [0.25, 0.3) is 5.91 Å². The first-order valence-corrected chi connectivity index (χ1v) is 9.30. The number of hydrogen-bond acceptors (Lipinski definition) is 6. The van der Waals surface area contributed by atoms with Gasteiger partial charge >= 0.3 is 11.7 Å². The lowest BCUT2D eigenvalue weighted by Crippen LogP contribution is -2.30. The van der Waals surface area contributed by atoms with Crippen LogP contribution in [0.5, 0.6) is 0 Å². The number of nitro groups is 1. The SMILES string of the molecule is Cc1ccc(SCC(=O)O[C@@H](C)C(=O)Nc2ccc(F)c([N+](=O)[O-])c2)c(C)c1. The zero-order chi connectivity index (χ0) is 20.8. The van der Waals surface area contributed by atoms with Crippen LogP contribution in [-0.2, 0) is 14.3 Å². The minimum Gasteiger partial charge on any atom is -0.452 e. The minimum atomic E-state index is -1.11. The highest BCUT2D eigenvalue weighted by atomic mass is 32.2. The number of nitrogens with zero attached hydrogens (tertiary/aromatic N) is 1. The molecule has 148 valence electrons. The molecule has 7 nitrogen and oxygen atoms in total. The predicted molar refractivity (Wildman–Crippen MR) is 104 cm³/mol. The lowest BCUT2D eigenvalue weighted by molar-refractivity contribution is -0.387. The van der Waals surface area contributed by atoms with E-state index in [1.807, 2.05) is 32.0 Å². The first kappa shape index (κ1) is 21.4. The lowest BCUT2D eigenvalue weighted by Gasteiger charge is -2.14. The van der Waals surface area contributed by atoms with Gasteiger partial charge in [-0.3, -0.25) is 19.7 Å². The number of esters is 1. The Hall–Kier alpha value is -2.94. The van der Waals surface area contributed by atoms with Crippen molar-refractivity contribution >= 4 is 35.0 Å². The zero-order valence-electron chi connectivity index (χ0n) is 15.5. The molecule has 1 N–H and O–H groups in total. The molecule has 0 saturated heterocycles. The molecule has 0 saturated carbocycles. The third kappa shape index (κ3) is 5.78. The Balaban J connectivity index is 1.90. The highest BCUT2D eigenvalue weighted by Gasteiger charge is 2.20. The fraction of sp³-hybridized carbons (Fsp3) is 0.263. The van der Waals surface area contributed by atoms with Gasteiger partial charge in [-0.15, -0.1) is 11.8 Å². The second-order valence-corrected chi connectivity index (χ2v) is 7.12. The number of thioether (sulfide) groups is 1. The van der Waals surface area contributed by atoms with E-state index in [4.69, 9.17) is 4.74 Å². The maximum Gasteiger partial charge on any atom is 0.317 e. The summed E-state index contributed by atoms with van der Waals surface area (Å²) in [5, 5.41) is 13.1. The van der Waals surface area contributed by atoms with Crippen molar-refractivity contribution in [1.29, 1.82) is 0 Å². The number of ether oxygens (including phenoxy) is 1. The predicted octanol–water partition coefficient (Wildman–Crippen LogP) is 4.01. The molecule has 0 aromatic heterocycles. The number of hydrogen-bond donors (Lipinski definition) is 1. The Morgan fingerprint density at radius 1 is 1.25 bits per heavy atom. The van der Waals surface area contributed by atoms with Crippen molar-refractivity contribution in [3.8, 4) is 0 Å². The summed E-state index contributed by atoms with van der Waals surface area (Å²) in [6.07, 6.45) is -1.11. The third-order valence-corrected chi connectivity index (χ3v) is 4.91. The van der Waals surface area contributed by atoms with Crippen molar-refractivity contribution in [3.63, 3.8) is 0 Å². The van der Waals surface area contributed by atoms with Gasteiger partial charge in [-0.2, -0.15) is 4.39 Å². The molecule has 0 unspecified atom stereocenters. The number of nitrogens with one attached hydrogen (secondary N) is 1. The number of rotatable bonds is 7. The molecule has 0 spiro atoms. The van der Waals surface area contributed by atoms with Crippen molar-refractivity contribution in [1.82, 2.24) is 0 Å². The normalized spacial score (nSPS) is 11.6. The average molecular weight is 406 g/mol. The van der Waals surface area contributed by atoms with Gasteiger partial charge in [0.05, 0.1) is 10.7 Å². The molecule has 0 aliphatic rings. The second kappa shape index (κ2) is 9.32. The fourth-order valence-corrected chi connectivity index (χ4v) is 3.15. The van der Waals surface area contributed by atoms with Crippen molar-refractivity contribution in [2.45, 2.75) is 31.8 Å². The molecule has 28 heavy (non-hydrogen) atoms. The molecule has 2 rings (SSSR count). The molecule has 2 aromatic carbocycles. The summed E-state index contributed by atoms with van der Waals surface area (Å²) >= 11 is 1.31. The Morgan fingerprint density at radius 3 is 2.61 bits per heavy atom. The quantitative estimate of drug-likeness (QED) is 0.323. The molecule has 0 bridgehead atoms. The minimum absolute atomic E-state index is 0.0313. The van der Waals surface area contributed by atoms with Gasteiger partial charge < -0.3 is 10.1 Å². The van der Waals surface area contributed by atoms with Gasteiger partial charge in [0.2, 0.25) is 5.82 Å². The third-order valence-electron chi connectivity index (χ3n) is 3.76. The van der Waals surface area contributed by atoms with Crippen LogP contribution in [-0.4, -0.2) is 28.7 Å². The molecule has 0 aliphatic heterocycles. The fourth-order valence-electron chi connectivity index (χ4n) is 2.36. The summed E-state index contributed by atoms with van der Waals surface area (Å²) in [6.45, 7) is 5.30. The number of nitro benzene ring substituents is 1. The van der Waals surface area contributed by atoms with E-state index >= 15 is 0 Å². The van der Waals surface area contributed by atoms with E-state index in [0.29, 0.717) is 0 Å². The Kier molecular flexibility index (Phi) is 7.11. The molecule has 2 aromatic rings. The van der Waals surface area contributed by atoms with E-state index in [1.165, 1.54) is 24.8 Å². The van der Waals surface area contributed by atoms with E-state index in [-0.39, 0.29) is 11.4 Å².